The van der Waals surface area contributed by atoms with Gasteiger partial charge in [-0.2, -0.15) is 0 Å². The molecule has 7 nitrogen and oxygen atoms in total. The third kappa shape index (κ3) is 4.24. The van der Waals surface area contributed by atoms with Crippen molar-refractivity contribution in [1.29, 1.82) is 0 Å². The average Bonchev–Trinajstić information content (AvgIpc) is 3.27. The van der Waals surface area contributed by atoms with Crippen molar-refractivity contribution in [3.63, 3.8) is 0 Å². The second kappa shape index (κ2) is 7.46. The highest BCUT2D eigenvalue weighted by Crippen LogP contribution is 2.43. The van der Waals surface area contributed by atoms with Crippen LogP contribution in [0.5, 0.6) is 0 Å². The van der Waals surface area contributed by atoms with E-state index < -0.39 is 33.7 Å². The van der Waals surface area contributed by atoms with Gasteiger partial charge in [0, 0.05) is 17.2 Å². The molecule has 3 rings (SSSR count). The van der Waals surface area contributed by atoms with Crippen molar-refractivity contribution >= 4 is 39.5 Å². The number of nitrogens with zero attached hydrogens (tertiary/aromatic N) is 1. The number of halogens is 1. The summed E-state index contributed by atoms with van der Waals surface area (Å²) in [5, 5.41) is 3.83. The summed E-state index contributed by atoms with van der Waals surface area (Å²) in [6.07, 6.45) is 1.69. The van der Waals surface area contributed by atoms with Crippen molar-refractivity contribution in [2.24, 2.45) is 0 Å². The summed E-state index contributed by atoms with van der Waals surface area (Å²) < 4.78 is 48.8. The number of benzene rings is 1. The lowest BCUT2D eigenvalue weighted by atomic mass is 9.99. The molecule has 0 amide bonds. The molecule has 0 saturated heterocycles. The van der Waals surface area contributed by atoms with Crippen LogP contribution in [0.1, 0.15) is 51.7 Å². The van der Waals surface area contributed by atoms with Crippen LogP contribution in [0.4, 0.5) is 0 Å². The SMILES string of the molecule is O=C(c1ccc(CS(=O)[O-])cc1Cl)c1c(CS(=O)[O-])noc1C1CC1. The van der Waals surface area contributed by atoms with Crippen molar-refractivity contribution in [2.45, 2.75) is 30.3 Å². The summed E-state index contributed by atoms with van der Waals surface area (Å²) in [5.74, 6) is -0.687. The van der Waals surface area contributed by atoms with Crippen LogP contribution >= 0.6 is 11.6 Å². The molecule has 10 heteroatoms. The Morgan fingerprint density at radius 1 is 1.24 bits per heavy atom. The molecule has 2 unspecified atom stereocenters. The van der Waals surface area contributed by atoms with Crippen LogP contribution in [0.3, 0.4) is 0 Å². The van der Waals surface area contributed by atoms with E-state index in [2.05, 4.69) is 5.16 Å². The molecule has 1 aromatic carbocycles. The zero-order valence-corrected chi connectivity index (χ0v) is 15.1. The molecule has 1 heterocycles. The summed E-state index contributed by atoms with van der Waals surface area (Å²) in [6, 6.07) is 4.32. The number of hydrogen-bond acceptors (Lipinski definition) is 7. The van der Waals surface area contributed by atoms with E-state index in [0.29, 0.717) is 11.3 Å². The molecule has 0 aliphatic heterocycles. The van der Waals surface area contributed by atoms with E-state index in [1.807, 2.05) is 0 Å². The Bertz CT molecular complexity index is 877. The van der Waals surface area contributed by atoms with E-state index in [9.17, 15) is 22.3 Å². The molecule has 0 spiro atoms. The summed E-state index contributed by atoms with van der Waals surface area (Å²) in [5.41, 5.74) is 0.781. The first-order chi connectivity index (χ1) is 11.9. The third-order valence-corrected chi connectivity index (χ3v) is 5.17. The Balaban J connectivity index is 1.99. The first-order valence-electron chi connectivity index (χ1n) is 7.30. The molecule has 134 valence electrons. The number of rotatable bonds is 7. The second-order valence-corrected chi connectivity index (χ2v) is 7.88. The predicted molar refractivity (Wildman–Crippen MR) is 88.6 cm³/mol. The van der Waals surface area contributed by atoms with Crippen molar-refractivity contribution in [3.8, 4) is 0 Å². The lowest BCUT2D eigenvalue weighted by Crippen LogP contribution is -2.09. The van der Waals surface area contributed by atoms with Gasteiger partial charge in [-0.05, 0) is 41.6 Å². The van der Waals surface area contributed by atoms with Crippen molar-refractivity contribution < 1.29 is 26.8 Å². The fraction of sp³-hybridized carbons (Fsp3) is 0.333. The Morgan fingerprint density at radius 3 is 2.48 bits per heavy atom. The second-order valence-electron chi connectivity index (χ2n) is 5.68. The van der Waals surface area contributed by atoms with E-state index in [-0.39, 0.29) is 33.5 Å². The number of ketones is 1. The molecule has 1 aliphatic rings. The highest BCUT2D eigenvalue weighted by Gasteiger charge is 2.35. The fourth-order valence-electron chi connectivity index (χ4n) is 2.52. The molecule has 0 N–H and O–H groups in total. The minimum Gasteiger partial charge on any atom is -0.772 e. The van der Waals surface area contributed by atoms with Crippen LogP contribution in [0.15, 0.2) is 22.7 Å². The van der Waals surface area contributed by atoms with Crippen molar-refractivity contribution in [1.82, 2.24) is 5.16 Å². The van der Waals surface area contributed by atoms with Gasteiger partial charge in [0.25, 0.3) is 0 Å². The van der Waals surface area contributed by atoms with E-state index >= 15 is 0 Å². The minimum atomic E-state index is -2.42. The summed E-state index contributed by atoms with van der Waals surface area (Å²) in [4.78, 5) is 12.9. The topological polar surface area (TPSA) is 123 Å². The van der Waals surface area contributed by atoms with Crippen molar-refractivity contribution in [3.05, 3.63) is 51.4 Å². The van der Waals surface area contributed by atoms with Gasteiger partial charge >= 0.3 is 0 Å². The Kier molecular flexibility index (Phi) is 5.49. The molecule has 2 aromatic rings. The molecule has 2 atom stereocenters. The Hall–Kier alpha value is -1.39. The molecule has 1 fully saturated rings. The van der Waals surface area contributed by atoms with E-state index in [4.69, 9.17) is 16.1 Å². The van der Waals surface area contributed by atoms with Crippen LogP contribution in [0.25, 0.3) is 0 Å². The predicted octanol–water partition coefficient (Wildman–Crippen LogP) is 2.19. The maximum Gasteiger partial charge on any atom is 0.200 e. The summed E-state index contributed by atoms with van der Waals surface area (Å²) >= 11 is 1.44. The highest BCUT2D eigenvalue weighted by atomic mass is 35.5. The third-order valence-electron chi connectivity index (χ3n) is 3.78. The van der Waals surface area contributed by atoms with Gasteiger partial charge in [-0.1, -0.05) is 33.9 Å². The van der Waals surface area contributed by atoms with E-state index in [1.165, 1.54) is 18.2 Å². The van der Waals surface area contributed by atoms with Gasteiger partial charge in [0.15, 0.2) is 11.5 Å². The molecule has 1 aliphatic carbocycles. The molecule has 0 bridgehead atoms. The smallest absolute Gasteiger partial charge is 0.200 e. The standard InChI is InChI=1S/C15H14ClNO6S2/c16-11-5-8(6-24(19)20)1-4-10(11)14(18)13-12(7-25(21)22)17-23-15(13)9-2-3-9/h1,4-5,9H,2-3,6-7H2,(H,19,20)(H,21,22)/p-2. The first-order valence-corrected chi connectivity index (χ1v) is 10.2. The van der Waals surface area contributed by atoms with E-state index in [1.54, 1.807) is 0 Å². The molecular formula is C15H12ClNO6S2-2. The van der Waals surface area contributed by atoms with Gasteiger partial charge in [-0.3, -0.25) is 13.2 Å². The minimum absolute atomic E-state index is 0.0565. The van der Waals surface area contributed by atoms with Gasteiger partial charge in [0.05, 0.1) is 16.3 Å². The lowest BCUT2D eigenvalue weighted by Gasteiger charge is -2.09. The highest BCUT2D eigenvalue weighted by molar-refractivity contribution is 7.78. The van der Waals surface area contributed by atoms with Crippen molar-refractivity contribution in [2.75, 3.05) is 0 Å². The Labute approximate surface area is 153 Å². The maximum absolute atomic E-state index is 12.9. The Morgan fingerprint density at radius 2 is 1.92 bits per heavy atom. The van der Waals surface area contributed by atoms with E-state index in [0.717, 1.165) is 12.8 Å². The number of hydrogen-bond donors (Lipinski definition) is 0. The summed E-state index contributed by atoms with van der Waals surface area (Å²) in [7, 11) is 0. The first kappa shape index (κ1) is 18.4. The number of aromatic nitrogens is 1. The van der Waals surface area contributed by atoms with Gasteiger partial charge in [0.2, 0.25) is 0 Å². The zero-order valence-electron chi connectivity index (χ0n) is 12.7. The van der Waals surface area contributed by atoms with Crippen LogP contribution in [-0.2, 0) is 33.7 Å². The number of carbonyl (C=O) groups is 1. The molecular weight excluding hydrogens is 390 g/mol. The van der Waals surface area contributed by atoms with Crippen LogP contribution in [0.2, 0.25) is 5.02 Å². The fourth-order valence-corrected chi connectivity index (χ4v) is 3.68. The van der Waals surface area contributed by atoms with Gasteiger partial charge < -0.3 is 13.6 Å². The van der Waals surface area contributed by atoms with Crippen LogP contribution in [-0.4, -0.2) is 28.5 Å². The van der Waals surface area contributed by atoms with Gasteiger partial charge in [-0.25, -0.2) is 0 Å². The maximum atomic E-state index is 12.9. The average molecular weight is 402 g/mol. The monoisotopic (exact) mass is 401 g/mol. The molecule has 1 saturated carbocycles. The summed E-state index contributed by atoms with van der Waals surface area (Å²) in [6.45, 7) is 0. The molecule has 25 heavy (non-hydrogen) atoms. The normalized spacial score (nSPS) is 16.6. The van der Waals surface area contributed by atoms with Crippen LogP contribution < -0.4 is 0 Å². The largest absolute Gasteiger partial charge is 0.772 e. The van der Waals surface area contributed by atoms with Gasteiger partial charge in [0.1, 0.15) is 5.69 Å². The van der Waals surface area contributed by atoms with Gasteiger partial charge in [-0.15, -0.1) is 0 Å². The molecule has 1 aromatic heterocycles. The number of carbonyl (C=O) groups excluding carboxylic acids is 1. The molecule has 0 radical (unpaired) electrons. The lowest BCUT2D eigenvalue weighted by molar-refractivity contribution is 0.103. The quantitative estimate of drug-likeness (QED) is 0.514. The van der Waals surface area contributed by atoms with Crippen LogP contribution in [0, 0.1) is 0 Å². The zero-order chi connectivity index (χ0) is 18.1.